The Morgan fingerprint density at radius 3 is 2.46 bits per heavy atom. The molecule has 0 aliphatic heterocycles. The number of nitrogens with zero attached hydrogens (tertiary/aromatic N) is 5. The van der Waals surface area contributed by atoms with E-state index in [1.54, 1.807) is 25.2 Å². The molecule has 192 valence electrons. The minimum absolute atomic E-state index is 0.0978. The zero-order valence-electron chi connectivity index (χ0n) is 21.7. The number of nitriles is 2. The van der Waals surface area contributed by atoms with Crippen molar-refractivity contribution in [1.82, 2.24) is 9.55 Å². The Balaban J connectivity index is 0.000000207. The van der Waals surface area contributed by atoms with Crippen molar-refractivity contribution < 1.29 is 4.39 Å². The van der Waals surface area contributed by atoms with Crippen LogP contribution in [0.4, 0.5) is 15.8 Å². The van der Waals surface area contributed by atoms with Gasteiger partial charge in [-0.3, -0.25) is 4.79 Å². The van der Waals surface area contributed by atoms with E-state index in [0.717, 1.165) is 49.4 Å². The minimum Gasteiger partial charge on any atom is -0.385 e. The van der Waals surface area contributed by atoms with Gasteiger partial charge in [0.15, 0.2) is 0 Å². The standard InChI is InChI=1S/C18H19N5O.C11H14FN/c1-22(13-6-4-3-5-7-13)17-14(11-20)18(24)23(2)15-9-8-12(10-19)21-16(15)17;1-8-6-10(12)4-5-11(8)13-7-9-2-3-9/h8-9,13H,3-7H2,1-2H3;4-6,9,13H,2-3,7H2,1H3. The van der Waals surface area contributed by atoms with Gasteiger partial charge in [0.25, 0.3) is 5.56 Å². The van der Waals surface area contributed by atoms with E-state index in [1.807, 2.05) is 31.0 Å². The summed E-state index contributed by atoms with van der Waals surface area (Å²) in [5, 5.41) is 22.1. The molecular weight excluding hydrogens is 467 g/mol. The predicted molar refractivity (Wildman–Crippen MR) is 144 cm³/mol. The highest BCUT2D eigenvalue weighted by Crippen LogP contribution is 2.32. The Hall–Kier alpha value is -3.91. The number of halogens is 1. The Labute approximate surface area is 217 Å². The van der Waals surface area contributed by atoms with Crippen LogP contribution in [-0.2, 0) is 7.05 Å². The van der Waals surface area contributed by atoms with E-state index in [1.165, 1.54) is 29.9 Å². The summed E-state index contributed by atoms with van der Waals surface area (Å²) in [7, 11) is 3.55. The van der Waals surface area contributed by atoms with Crippen molar-refractivity contribution in [3.63, 3.8) is 0 Å². The number of hydrogen-bond donors (Lipinski definition) is 1. The Bertz CT molecular complexity index is 1420. The van der Waals surface area contributed by atoms with E-state index in [0.29, 0.717) is 16.7 Å². The highest BCUT2D eigenvalue weighted by molar-refractivity contribution is 5.92. The normalized spacial score (nSPS) is 15.3. The van der Waals surface area contributed by atoms with Gasteiger partial charge in [0.05, 0.1) is 11.2 Å². The first-order chi connectivity index (χ1) is 17.8. The average Bonchev–Trinajstić information content (AvgIpc) is 3.75. The molecule has 0 bridgehead atoms. The van der Waals surface area contributed by atoms with Crippen LogP contribution in [0.15, 0.2) is 35.1 Å². The molecular formula is C29H33FN6O. The van der Waals surface area contributed by atoms with Crippen LogP contribution >= 0.6 is 0 Å². The van der Waals surface area contributed by atoms with E-state index in [9.17, 15) is 14.4 Å². The van der Waals surface area contributed by atoms with Crippen molar-refractivity contribution in [2.24, 2.45) is 13.0 Å². The van der Waals surface area contributed by atoms with Gasteiger partial charge < -0.3 is 14.8 Å². The van der Waals surface area contributed by atoms with Crippen LogP contribution in [0.5, 0.6) is 0 Å². The predicted octanol–water partition coefficient (Wildman–Crippen LogP) is 5.40. The first-order valence-corrected chi connectivity index (χ1v) is 12.9. The number of rotatable bonds is 5. The summed E-state index contributed by atoms with van der Waals surface area (Å²) in [6.45, 7) is 2.96. The second kappa shape index (κ2) is 11.4. The second-order valence-corrected chi connectivity index (χ2v) is 10.1. The monoisotopic (exact) mass is 500 g/mol. The molecule has 37 heavy (non-hydrogen) atoms. The fourth-order valence-corrected chi connectivity index (χ4v) is 4.95. The van der Waals surface area contributed by atoms with E-state index in [-0.39, 0.29) is 28.7 Å². The number of benzene rings is 1. The summed E-state index contributed by atoms with van der Waals surface area (Å²) in [5.74, 6) is 0.693. The zero-order chi connectivity index (χ0) is 26.5. The molecule has 3 aromatic rings. The molecule has 1 aromatic carbocycles. The van der Waals surface area contributed by atoms with Crippen LogP contribution in [0.1, 0.15) is 61.8 Å². The van der Waals surface area contributed by atoms with Gasteiger partial charge in [-0.2, -0.15) is 10.5 Å². The Morgan fingerprint density at radius 1 is 1.11 bits per heavy atom. The summed E-state index contributed by atoms with van der Waals surface area (Å²) in [4.78, 5) is 19.0. The van der Waals surface area contributed by atoms with Crippen LogP contribution in [0, 0.1) is 41.3 Å². The molecule has 2 aliphatic carbocycles. The van der Waals surface area contributed by atoms with Gasteiger partial charge in [0, 0.05) is 32.4 Å². The SMILES string of the molecule is CN(c1c(C#N)c(=O)n(C)c2ccc(C#N)nc12)C1CCCCC1.Cc1cc(F)ccc1NCC1CC1. The first kappa shape index (κ1) is 26.2. The van der Waals surface area contributed by atoms with E-state index in [4.69, 9.17) is 5.26 Å². The fourth-order valence-electron chi connectivity index (χ4n) is 4.95. The van der Waals surface area contributed by atoms with Gasteiger partial charge in [0.2, 0.25) is 0 Å². The summed E-state index contributed by atoms with van der Waals surface area (Å²) < 4.78 is 14.2. The third-order valence-corrected chi connectivity index (χ3v) is 7.38. The van der Waals surface area contributed by atoms with Gasteiger partial charge in [-0.1, -0.05) is 19.3 Å². The van der Waals surface area contributed by atoms with Gasteiger partial charge in [0.1, 0.15) is 34.7 Å². The van der Waals surface area contributed by atoms with E-state index in [2.05, 4.69) is 16.4 Å². The number of aromatic nitrogens is 2. The third kappa shape index (κ3) is 5.91. The van der Waals surface area contributed by atoms with Crippen LogP contribution in [-0.4, -0.2) is 29.2 Å². The lowest BCUT2D eigenvalue weighted by Crippen LogP contribution is -2.36. The maximum absolute atomic E-state index is 12.7. The van der Waals surface area contributed by atoms with Gasteiger partial charge in [-0.25, -0.2) is 9.37 Å². The molecule has 2 fully saturated rings. The molecule has 0 saturated heterocycles. The number of nitrogens with one attached hydrogen (secondary N) is 1. The lowest BCUT2D eigenvalue weighted by Gasteiger charge is -2.33. The largest absolute Gasteiger partial charge is 0.385 e. The van der Waals surface area contributed by atoms with Crippen LogP contribution in [0.25, 0.3) is 11.0 Å². The Morgan fingerprint density at radius 2 is 1.84 bits per heavy atom. The summed E-state index contributed by atoms with van der Waals surface area (Å²) in [5.41, 5.74) is 3.84. The number of aryl methyl sites for hydroxylation is 2. The zero-order valence-corrected chi connectivity index (χ0v) is 21.7. The van der Waals surface area contributed by atoms with Crippen LogP contribution in [0.2, 0.25) is 0 Å². The van der Waals surface area contributed by atoms with Crippen LogP contribution < -0.4 is 15.8 Å². The van der Waals surface area contributed by atoms with Gasteiger partial charge >= 0.3 is 0 Å². The first-order valence-electron chi connectivity index (χ1n) is 12.9. The van der Waals surface area contributed by atoms with Crippen molar-refractivity contribution in [2.75, 3.05) is 23.8 Å². The molecule has 1 N–H and O–H groups in total. The topological polar surface area (TPSA) is 97.7 Å². The lowest BCUT2D eigenvalue weighted by atomic mass is 9.93. The molecule has 0 atom stereocenters. The molecule has 2 heterocycles. The summed E-state index contributed by atoms with van der Waals surface area (Å²) in [6, 6.07) is 12.6. The molecule has 0 unspecified atom stereocenters. The molecule has 7 nitrogen and oxygen atoms in total. The number of fused-ring (bicyclic) bond motifs is 1. The van der Waals surface area contributed by atoms with Gasteiger partial charge in [-0.05, 0) is 74.4 Å². The molecule has 2 saturated carbocycles. The molecule has 0 amide bonds. The molecule has 0 radical (unpaired) electrons. The highest BCUT2D eigenvalue weighted by Gasteiger charge is 2.26. The maximum atomic E-state index is 12.7. The van der Waals surface area contributed by atoms with Crippen molar-refractivity contribution in [1.29, 1.82) is 10.5 Å². The lowest BCUT2D eigenvalue weighted by molar-refractivity contribution is 0.428. The Kier molecular flexibility index (Phi) is 8.08. The molecule has 8 heteroatoms. The van der Waals surface area contributed by atoms with Crippen LogP contribution in [0.3, 0.4) is 0 Å². The third-order valence-electron chi connectivity index (χ3n) is 7.38. The minimum atomic E-state index is -0.325. The average molecular weight is 501 g/mol. The molecule has 5 rings (SSSR count). The summed E-state index contributed by atoms with van der Waals surface area (Å²) in [6.07, 6.45) is 8.28. The van der Waals surface area contributed by atoms with Crippen molar-refractivity contribution in [2.45, 2.75) is 57.9 Å². The second-order valence-electron chi connectivity index (χ2n) is 10.1. The molecule has 0 spiro atoms. The smallest absolute Gasteiger partial charge is 0.270 e. The van der Waals surface area contributed by atoms with E-state index < -0.39 is 0 Å². The number of pyridine rings is 2. The van der Waals surface area contributed by atoms with Gasteiger partial charge in [-0.15, -0.1) is 0 Å². The maximum Gasteiger partial charge on any atom is 0.270 e. The van der Waals surface area contributed by atoms with E-state index >= 15 is 0 Å². The van der Waals surface area contributed by atoms with Crippen molar-refractivity contribution in [3.05, 3.63) is 63.3 Å². The quantitative estimate of drug-likeness (QED) is 0.504. The molecule has 2 aromatic heterocycles. The molecule has 2 aliphatic rings. The number of hydrogen-bond acceptors (Lipinski definition) is 6. The highest BCUT2D eigenvalue weighted by atomic mass is 19.1. The number of anilines is 2. The summed E-state index contributed by atoms with van der Waals surface area (Å²) >= 11 is 0. The van der Waals surface area contributed by atoms with Crippen molar-refractivity contribution >= 4 is 22.4 Å². The fraction of sp³-hybridized carbons (Fsp3) is 0.448. The van der Waals surface area contributed by atoms with Crippen molar-refractivity contribution in [3.8, 4) is 12.1 Å².